The quantitative estimate of drug-likeness (QED) is 0.534. The summed E-state index contributed by atoms with van der Waals surface area (Å²) in [5, 5.41) is 1.15. The fourth-order valence-electron chi connectivity index (χ4n) is 4.21. The van der Waals surface area contributed by atoms with E-state index in [1.54, 1.807) is 24.1 Å². The summed E-state index contributed by atoms with van der Waals surface area (Å²) < 4.78 is 32.5. The highest BCUT2D eigenvalue weighted by molar-refractivity contribution is 7.89. The van der Waals surface area contributed by atoms with E-state index in [2.05, 4.69) is 22.5 Å². The molecule has 0 unspecified atom stereocenters. The van der Waals surface area contributed by atoms with Gasteiger partial charge in [0.05, 0.1) is 12.0 Å². The molecule has 4 rings (SSSR count). The minimum absolute atomic E-state index is 0.0767. The van der Waals surface area contributed by atoms with Crippen molar-refractivity contribution in [2.24, 2.45) is 0 Å². The number of H-pyrrole nitrogens is 1. The Morgan fingerprint density at radius 3 is 2.75 bits per heavy atom. The van der Waals surface area contributed by atoms with E-state index in [-0.39, 0.29) is 17.3 Å². The largest absolute Gasteiger partial charge is 0.497 e. The summed E-state index contributed by atoms with van der Waals surface area (Å²) in [6, 6.07) is 12.2. The summed E-state index contributed by atoms with van der Waals surface area (Å²) in [4.78, 5) is 18.3. The van der Waals surface area contributed by atoms with Crippen molar-refractivity contribution in [1.82, 2.24) is 14.6 Å². The number of fused-ring (bicyclic) bond motifs is 1. The number of sulfonamides is 1. The summed E-state index contributed by atoms with van der Waals surface area (Å²) >= 11 is 0. The number of likely N-dealkylation sites (tertiary alicyclic amines) is 1. The Kier molecular flexibility index (Phi) is 6.34. The molecule has 8 heteroatoms. The van der Waals surface area contributed by atoms with Crippen LogP contribution in [0.4, 0.5) is 0 Å². The van der Waals surface area contributed by atoms with Gasteiger partial charge in [-0.25, -0.2) is 13.1 Å². The van der Waals surface area contributed by atoms with Crippen LogP contribution < -0.4 is 9.46 Å². The zero-order valence-electron chi connectivity index (χ0n) is 18.0. The normalized spacial score (nSPS) is 15.1. The molecule has 168 valence electrons. The number of carbonyl (C=O) groups is 1. The van der Waals surface area contributed by atoms with Gasteiger partial charge in [-0.1, -0.05) is 12.1 Å². The van der Waals surface area contributed by atoms with Crippen LogP contribution >= 0.6 is 0 Å². The molecule has 0 radical (unpaired) electrons. The molecule has 0 aliphatic carbocycles. The van der Waals surface area contributed by atoms with Crippen molar-refractivity contribution in [1.29, 1.82) is 0 Å². The summed E-state index contributed by atoms with van der Waals surface area (Å²) in [6.45, 7) is 4.88. The molecular formula is C24H27N3O4S. The lowest BCUT2D eigenvalue weighted by atomic mass is 9.89. The third kappa shape index (κ3) is 4.42. The number of aromatic amines is 1. The zero-order valence-corrected chi connectivity index (χ0v) is 18.8. The second-order valence-corrected chi connectivity index (χ2v) is 9.66. The van der Waals surface area contributed by atoms with E-state index in [1.807, 2.05) is 18.2 Å². The summed E-state index contributed by atoms with van der Waals surface area (Å²) in [7, 11) is -2.02. The van der Waals surface area contributed by atoms with Crippen LogP contribution in [-0.4, -0.2) is 51.0 Å². The molecule has 0 atom stereocenters. The van der Waals surface area contributed by atoms with E-state index in [0.29, 0.717) is 24.6 Å². The van der Waals surface area contributed by atoms with E-state index >= 15 is 0 Å². The Balaban J connectivity index is 1.46. The predicted molar refractivity (Wildman–Crippen MR) is 125 cm³/mol. The molecule has 3 aromatic rings. The average molecular weight is 454 g/mol. The van der Waals surface area contributed by atoms with Crippen molar-refractivity contribution in [3.8, 4) is 5.75 Å². The van der Waals surface area contributed by atoms with E-state index in [9.17, 15) is 13.2 Å². The van der Waals surface area contributed by atoms with Crippen LogP contribution in [0.3, 0.4) is 0 Å². The van der Waals surface area contributed by atoms with Crippen molar-refractivity contribution in [3.05, 3.63) is 72.4 Å². The Morgan fingerprint density at radius 2 is 2.03 bits per heavy atom. The second-order valence-electron chi connectivity index (χ2n) is 7.89. The van der Waals surface area contributed by atoms with Crippen LogP contribution in [0.5, 0.6) is 5.75 Å². The maximum Gasteiger partial charge on any atom is 0.253 e. The number of amides is 1. The molecule has 0 spiro atoms. The van der Waals surface area contributed by atoms with E-state index in [0.717, 1.165) is 29.5 Å². The van der Waals surface area contributed by atoms with Crippen LogP contribution in [0.15, 0.2) is 66.2 Å². The smallest absolute Gasteiger partial charge is 0.253 e. The van der Waals surface area contributed by atoms with Gasteiger partial charge in [0.2, 0.25) is 10.0 Å². The fraction of sp³-hybridized carbons (Fsp3) is 0.292. The predicted octanol–water partition coefficient (Wildman–Crippen LogP) is 3.66. The fourth-order valence-corrected chi connectivity index (χ4v) is 5.25. The van der Waals surface area contributed by atoms with E-state index in [1.165, 1.54) is 23.8 Å². The van der Waals surface area contributed by atoms with Gasteiger partial charge in [-0.3, -0.25) is 4.79 Å². The summed E-state index contributed by atoms with van der Waals surface area (Å²) in [5.74, 6) is 1.02. The van der Waals surface area contributed by atoms with Gasteiger partial charge < -0.3 is 14.6 Å². The first-order valence-corrected chi connectivity index (χ1v) is 12.1. The van der Waals surface area contributed by atoms with Crippen molar-refractivity contribution in [2.75, 3.05) is 26.7 Å². The molecule has 1 amide bonds. The molecule has 1 aliphatic rings. The van der Waals surface area contributed by atoms with Gasteiger partial charge in [-0.05, 0) is 60.7 Å². The van der Waals surface area contributed by atoms with Gasteiger partial charge in [-0.2, -0.15) is 0 Å². The van der Waals surface area contributed by atoms with Crippen LogP contribution in [0.25, 0.3) is 10.9 Å². The highest BCUT2D eigenvalue weighted by Crippen LogP contribution is 2.35. The Labute approximate surface area is 188 Å². The van der Waals surface area contributed by atoms with Crippen molar-refractivity contribution in [3.63, 3.8) is 0 Å². The van der Waals surface area contributed by atoms with Crippen molar-refractivity contribution >= 4 is 26.8 Å². The zero-order chi connectivity index (χ0) is 22.7. The number of aromatic nitrogens is 1. The lowest BCUT2D eigenvalue weighted by molar-refractivity contribution is 0.0713. The highest BCUT2D eigenvalue weighted by atomic mass is 32.2. The number of hydrogen-bond acceptors (Lipinski definition) is 4. The number of rotatable bonds is 7. The standard InChI is InChI=1S/C24H27N3O4S/c1-3-11-26-32(29,30)20-6-4-5-18(14-20)24(28)27-12-9-17(10-13-27)22-16-25-23-8-7-19(31-2)15-21(22)23/h3-8,14-17,25-26H,1,9-13H2,2H3. The molecule has 0 saturated carbocycles. The lowest BCUT2D eigenvalue weighted by Gasteiger charge is -2.32. The number of carbonyl (C=O) groups excluding carboxylic acids is 1. The average Bonchev–Trinajstić information content (AvgIpc) is 3.25. The third-order valence-corrected chi connectivity index (χ3v) is 7.37. The summed E-state index contributed by atoms with van der Waals surface area (Å²) in [6.07, 6.45) is 5.21. The van der Waals surface area contributed by atoms with Crippen LogP contribution in [-0.2, 0) is 10.0 Å². The van der Waals surface area contributed by atoms with Crippen molar-refractivity contribution in [2.45, 2.75) is 23.7 Å². The Bertz CT molecular complexity index is 1240. The number of benzene rings is 2. The van der Waals surface area contributed by atoms with E-state index in [4.69, 9.17) is 4.74 Å². The molecule has 32 heavy (non-hydrogen) atoms. The number of piperidine rings is 1. The minimum Gasteiger partial charge on any atom is -0.497 e. The lowest BCUT2D eigenvalue weighted by Crippen LogP contribution is -2.38. The molecule has 7 nitrogen and oxygen atoms in total. The second kappa shape index (κ2) is 9.18. The number of methoxy groups -OCH3 is 1. The monoisotopic (exact) mass is 453 g/mol. The third-order valence-electron chi connectivity index (χ3n) is 5.95. The van der Waals surface area contributed by atoms with Gasteiger partial charge in [-0.15, -0.1) is 6.58 Å². The van der Waals surface area contributed by atoms with Gasteiger partial charge in [0.25, 0.3) is 5.91 Å². The SMILES string of the molecule is C=CCNS(=O)(=O)c1cccc(C(=O)N2CCC(c3c[nH]c4ccc(OC)cc34)CC2)c1. The first-order valence-electron chi connectivity index (χ1n) is 10.6. The number of hydrogen-bond donors (Lipinski definition) is 2. The molecule has 2 heterocycles. The van der Waals surface area contributed by atoms with Crippen LogP contribution in [0.2, 0.25) is 0 Å². The summed E-state index contributed by atoms with van der Waals surface area (Å²) in [5.41, 5.74) is 2.69. The molecular weight excluding hydrogens is 426 g/mol. The topological polar surface area (TPSA) is 91.5 Å². The number of nitrogens with zero attached hydrogens (tertiary/aromatic N) is 1. The van der Waals surface area contributed by atoms with Crippen LogP contribution in [0, 0.1) is 0 Å². The first-order chi connectivity index (χ1) is 15.4. The molecule has 1 saturated heterocycles. The van der Waals surface area contributed by atoms with Gasteiger partial charge in [0, 0.05) is 42.3 Å². The maximum atomic E-state index is 13.1. The Hall–Kier alpha value is -3.10. The first kappa shape index (κ1) is 22.1. The minimum atomic E-state index is -3.68. The van der Waals surface area contributed by atoms with Gasteiger partial charge in [0.1, 0.15) is 5.75 Å². The molecule has 1 fully saturated rings. The molecule has 1 aliphatic heterocycles. The van der Waals surface area contributed by atoms with E-state index < -0.39 is 10.0 Å². The molecule has 2 N–H and O–H groups in total. The number of nitrogens with one attached hydrogen (secondary N) is 2. The van der Waals surface area contributed by atoms with Crippen LogP contribution in [0.1, 0.15) is 34.7 Å². The molecule has 0 bridgehead atoms. The van der Waals surface area contributed by atoms with Gasteiger partial charge in [0.15, 0.2) is 0 Å². The van der Waals surface area contributed by atoms with Crippen molar-refractivity contribution < 1.29 is 17.9 Å². The molecule has 1 aromatic heterocycles. The Morgan fingerprint density at radius 1 is 1.25 bits per heavy atom. The highest BCUT2D eigenvalue weighted by Gasteiger charge is 2.27. The molecule has 2 aromatic carbocycles. The number of ether oxygens (including phenoxy) is 1. The maximum absolute atomic E-state index is 13.1. The van der Waals surface area contributed by atoms with Gasteiger partial charge >= 0.3 is 0 Å².